The van der Waals surface area contributed by atoms with E-state index in [0.717, 1.165) is 30.9 Å². The largest absolute Gasteiger partial charge is 0.490 e. The van der Waals surface area contributed by atoms with Gasteiger partial charge in [-0.2, -0.15) is 0 Å². The van der Waals surface area contributed by atoms with E-state index in [4.69, 9.17) is 13.8 Å². The van der Waals surface area contributed by atoms with E-state index in [-0.39, 0.29) is 0 Å². The molecule has 5 heteroatoms. The molecule has 0 aliphatic heterocycles. The second-order valence-electron chi connectivity index (χ2n) is 9.87. The topological polar surface area (TPSA) is 39.7 Å². The first kappa shape index (κ1) is 25.4. The summed E-state index contributed by atoms with van der Waals surface area (Å²) in [5, 5.41) is 6.03. The van der Waals surface area contributed by atoms with Gasteiger partial charge < -0.3 is 19.1 Å². The molecule has 0 saturated heterocycles. The van der Waals surface area contributed by atoms with Crippen LogP contribution in [0.4, 0.5) is 0 Å². The zero-order valence-electron chi connectivity index (χ0n) is 20.7. The van der Waals surface area contributed by atoms with Gasteiger partial charge in [0.25, 0.3) is 0 Å². The Kier molecular flexibility index (Phi) is 9.79. The number of fused-ring (bicyclic) bond motifs is 1. The van der Waals surface area contributed by atoms with E-state index in [1.54, 1.807) is 0 Å². The van der Waals surface area contributed by atoms with Gasteiger partial charge in [0.15, 0.2) is 8.38 Å². The number of hydrogen-bond acceptors (Lipinski definition) is 4. The molecule has 1 N–H and O–H groups in total. The van der Waals surface area contributed by atoms with Gasteiger partial charge >= 0.3 is 0 Å². The molecule has 0 amide bonds. The van der Waals surface area contributed by atoms with Crippen molar-refractivity contribution in [2.75, 3.05) is 25.9 Å². The van der Waals surface area contributed by atoms with Crippen LogP contribution in [-0.2, 0) is 15.6 Å². The first-order chi connectivity index (χ1) is 15.4. The summed E-state index contributed by atoms with van der Waals surface area (Å²) in [6.45, 7) is 14.3. The smallest absolute Gasteiger partial charge is 0.171 e. The molecule has 0 heterocycles. The van der Waals surface area contributed by atoms with Crippen LogP contribution in [0.3, 0.4) is 0 Å². The summed E-state index contributed by atoms with van der Waals surface area (Å²) in [5.74, 6) is 1.82. The maximum Gasteiger partial charge on any atom is 0.171 e. The highest BCUT2D eigenvalue weighted by Gasteiger charge is 2.30. The molecule has 0 atom stereocenters. The van der Waals surface area contributed by atoms with Crippen molar-refractivity contribution in [1.82, 2.24) is 5.32 Å². The minimum Gasteiger partial charge on any atom is -0.490 e. The van der Waals surface area contributed by atoms with Gasteiger partial charge in [-0.15, -0.1) is 0 Å². The third-order valence-corrected chi connectivity index (χ3v) is 8.11. The molecule has 3 rings (SSSR count). The van der Waals surface area contributed by atoms with Gasteiger partial charge in [-0.05, 0) is 85.4 Å². The van der Waals surface area contributed by atoms with Crippen LogP contribution in [0, 0.1) is 11.3 Å². The van der Waals surface area contributed by atoms with Crippen molar-refractivity contribution in [2.45, 2.75) is 73.0 Å². The zero-order valence-corrected chi connectivity index (χ0v) is 21.5. The second-order valence-corrected chi connectivity index (χ2v) is 11.5. The second kappa shape index (κ2) is 12.3. The lowest BCUT2D eigenvalue weighted by molar-refractivity contribution is 0.0883. The fraction of sp³-hybridized carbons (Fsp3) is 0.630. The summed E-state index contributed by atoms with van der Waals surface area (Å²) in [6, 6.07) is 13.2. The maximum absolute atomic E-state index is 6.36. The predicted octanol–water partition coefficient (Wildman–Crippen LogP) is 7.30. The fourth-order valence-corrected chi connectivity index (χ4v) is 5.80. The molecule has 2 aromatic rings. The summed E-state index contributed by atoms with van der Waals surface area (Å²) >= 11 is 0. The molecular weight excluding hydrogens is 417 g/mol. The third kappa shape index (κ3) is 7.70. The standard InChI is InChI=1S/C27H42NO3P/c1-6-29-32(30-7-2)17-16-28-20-21-8-9-23-19-26(13-10-22(23)18-21)31-25-14-11-24(12-15-25)27(3,4)5/h8-10,13,18-19,24-25,28H,6-7,11-12,14-17,20H2,1-5H3. The average Bonchev–Trinajstić information content (AvgIpc) is 2.77. The SMILES string of the molecule is CCOP(CCNCc1ccc2cc(OC3CCC(C(C)(C)C)CC3)ccc2c1)OCC. The third-order valence-electron chi connectivity index (χ3n) is 6.42. The summed E-state index contributed by atoms with van der Waals surface area (Å²) in [6.07, 6.45) is 6.15. The molecule has 1 aliphatic carbocycles. The van der Waals surface area contributed by atoms with Gasteiger partial charge in [0.05, 0.1) is 19.3 Å². The Balaban J connectivity index is 1.49. The van der Waals surface area contributed by atoms with Gasteiger partial charge in [-0.25, -0.2) is 0 Å². The van der Waals surface area contributed by atoms with Crippen LogP contribution in [0.25, 0.3) is 10.8 Å². The van der Waals surface area contributed by atoms with E-state index in [2.05, 4.69) is 62.5 Å². The molecule has 4 nitrogen and oxygen atoms in total. The Hall–Kier alpha value is -1.19. The van der Waals surface area contributed by atoms with E-state index in [1.165, 1.54) is 42.0 Å². The van der Waals surface area contributed by atoms with E-state index in [1.807, 2.05) is 13.8 Å². The molecular formula is C27H42NO3P. The molecule has 0 aromatic heterocycles. The molecule has 1 aliphatic rings. The van der Waals surface area contributed by atoms with Crippen LogP contribution < -0.4 is 10.1 Å². The van der Waals surface area contributed by atoms with Gasteiger partial charge in [-0.3, -0.25) is 0 Å². The Bertz CT molecular complexity index is 821. The van der Waals surface area contributed by atoms with Gasteiger partial charge in [0, 0.05) is 19.3 Å². The molecule has 178 valence electrons. The van der Waals surface area contributed by atoms with Crippen molar-refractivity contribution >= 4 is 19.1 Å². The highest BCUT2D eigenvalue weighted by Crippen LogP contribution is 2.39. The maximum atomic E-state index is 6.36. The van der Waals surface area contributed by atoms with Crippen LogP contribution in [0.1, 0.15) is 65.9 Å². The summed E-state index contributed by atoms with van der Waals surface area (Å²) in [7, 11) is -0.766. The van der Waals surface area contributed by atoms with E-state index in [0.29, 0.717) is 24.7 Å². The Morgan fingerprint density at radius 1 is 0.906 bits per heavy atom. The first-order valence-corrected chi connectivity index (χ1v) is 13.7. The molecule has 32 heavy (non-hydrogen) atoms. The van der Waals surface area contributed by atoms with Crippen molar-refractivity contribution in [2.24, 2.45) is 11.3 Å². The van der Waals surface area contributed by atoms with E-state index >= 15 is 0 Å². The molecule has 0 unspecified atom stereocenters. The molecule has 0 spiro atoms. The van der Waals surface area contributed by atoms with Crippen molar-refractivity contribution in [3.05, 3.63) is 42.0 Å². The molecule has 1 saturated carbocycles. The number of benzene rings is 2. The zero-order chi connectivity index (χ0) is 23.0. The molecule has 1 fully saturated rings. The van der Waals surface area contributed by atoms with Crippen molar-refractivity contribution < 1.29 is 13.8 Å². The fourth-order valence-electron chi connectivity index (χ4n) is 4.55. The predicted molar refractivity (Wildman–Crippen MR) is 137 cm³/mol. The van der Waals surface area contributed by atoms with Gasteiger partial charge in [0.1, 0.15) is 5.75 Å². The summed E-state index contributed by atoms with van der Waals surface area (Å²) in [5.41, 5.74) is 1.71. The van der Waals surface area contributed by atoms with Crippen LogP contribution in [0.15, 0.2) is 36.4 Å². The van der Waals surface area contributed by atoms with Crippen molar-refractivity contribution in [3.63, 3.8) is 0 Å². The molecule has 0 bridgehead atoms. The van der Waals surface area contributed by atoms with Crippen LogP contribution in [0.2, 0.25) is 0 Å². The summed E-state index contributed by atoms with van der Waals surface area (Å²) < 4.78 is 17.7. The minimum absolute atomic E-state index is 0.355. The Morgan fingerprint density at radius 3 is 2.22 bits per heavy atom. The monoisotopic (exact) mass is 459 g/mol. The Labute approximate surface area is 196 Å². The van der Waals surface area contributed by atoms with Gasteiger partial charge in [-0.1, -0.05) is 39.0 Å². The first-order valence-electron chi connectivity index (χ1n) is 12.3. The van der Waals surface area contributed by atoms with Crippen molar-refractivity contribution in [3.8, 4) is 5.75 Å². The quantitative estimate of drug-likeness (QED) is 0.283. The average molecular weight is 460 g/mol. The summed E-state index contributed by atoms with van der Waals surface area (Å²) in [4.78, 5) is 0. The van der Waals surface area contributed by atoms with Crippen LogP contribution >= 0.6 is 8.38 Å². The normalized spacial score (nSPS) is 19.6. The number of ether oxygens (including phenoxy) is 1. The van der Waals surface area contributed by atoms with Gasteiger partial charge in [0.2, 0.25) is 0 Å². The molecule has 2 aromatic carbocycles. The lowest BCUT2D eigenvalue weighted by atomic mass is 9.72. The van der Waals surface area contributed by atoms with E-state index in [9.17, 15) is 0 Å². The number of nitrogens with one attached hydrogen (secondary N) is 1. The van der Waals surface area contributed by atoms with Crippen molar-refractivity contribution in [1.29, 1.82) is 0 Å². The Morgan fingerprint density at radius 2 is 1.56 bits per heavy atom. The van der Waals surface area contributed by atoms with Crippen LogP contribution in [0.5, 0.6) is 5.75 Å². The molecule has 0 radical (unpaired) electrons. The lowest BCUT2D eigenvalue weighted by Crippen LogP contribution is -2.30. The highest BCUT2D eigenvalue weighted by atomic mass is 31.2. The highest BCUT2D eigenvalue weighted by molar-refractivity contribution is 7.47. The minimum atomic E-state index is -0.766. The van der Waals surface area contributed by atoms with E-state index < -0.39 is 8.38 Å². The van der Waals surface area contributed by atoms with Crippen LogP contribution in [-0.4, -0.2) is 32.0 Å². The number of rotatable bonds is 11. The number of hydrogen-bond donors (Lipinski definition) is 1. The lowest BCUT2D eigenvalue weighted by Gasteiger charge is -2.37.